The zero-order chi connectivity index (χ0) is 17.7. The van der Waals surface area contributed by atoms with Crippen LogP contribution >= 0.6 is 0 Å². The molecule has 0 saturated heterocycles. The summed E-state index contributed by atoms with van der Waals surface area (Å²) in [5.41, 5.74) is -1.44. The van der Waals surface area contributed by atoms with Gasteiger partial charge in [-0.2, -0.15) is 0 Å². The molecule has 0 aliphatic heterocycles. The van der Waals surface area contributed by atoms with Crippen LogP contribution in [0.25, 0.3) is 0 Å². The Morgan fingerprint density at radius 3 is 2.58 bits per heavy atom. The molecule has 1 aromatic heterocycles. The summed E-state index contributed by atoms with van der Waals surface area (Å²) < 4.78 is 49.4. The number of carbonyl (C=O) groups is 2. The zero-order valence-electron chi connectivity index (χ0n) is 12.3. The third-order valence-electron chi connectivity index (χ3n) is 2.79. The minimum Gasteiger partial charge on any atom is -0.462 e. The van der Waals surface area contributed by atoms with E-state index in [1.807, 2.05) is 0 Å². The van der Waals surface area contributed by atoms with Crippen LogP contribution in [0.3, 0.4) is 0 Å². The standard InChI is InChI=1S/C15H11F3N2O4/c1-2-23-15(22)9(7-19-13-3-4-20-24-13)14(21)8-5-11(17)12(18)6-10(8)16/h3-7,19H,2H2,1H3/b9-7-. The number of anilines is 1. The number of esters is 1. The number of ether oxygens (including phenoxy) is 1. The van der Waals surface area contributed by atoms with Gasteiger partial charge in [-0.3, -0.25) is 4.79 Å². The van der Waals surface area contributed by atoms with Crippen molar-refractivity contribution in [2.75, 3.05) is 11.9 Å². The first-order valence-electron chi connectivity index (χ1n) is 6.67. The second-order valence-corrected chi connectivity index (χ2v) is 4.37. The van der Waals surface area contributed by atoms with E-state index in [0.29, 0.717) is 6.07 Å². The van der Waals surface area contributed by atoms with E-state index in [2.05, 4.69) is 10.5 Å². The maximum absolute atomic E-state index is 13.7. The van der Waals surface area contributed by atoms with Gasteiger partial charge in [-0.15, -0.1) is 0 Å². The number of hydrogen-bond donors (Lipinski definition) is 1. The molecule has 0 aliphatic rings. The van der Waals surface area contributed by atoms with Gasteiger partial charge in [0, 0.05) is 18.3 Å². The molecule has 0 saturated carbocycles. The van der Waals surface area contributed by atoms with Crippen LogP contribution in [-0.2, 0) is 9.53 Å². The van der Waals surface area contributed by atoms with Crippen molar-refractivity contribution in [3.63, 3.8) is 0 Å². The van der Waals surface area contributed by atoms with E-state index in [0.717, 1.165) is 6.20 Å². The Hall–Kier alpha value is -3.10. The molecule has 0 radical (unpaired) electrons. The van der Waals surface area contributed by atoms with Crippen LogP contribution in [0, 0.1) is 17.5 Å². The molecule has 126 valence electrons. The quantitative estimate of drug-likeness (QED) is 0.217. The Kier molecular flexibility index (Phi) is 5.35. The van der Waals surface area contributed by atoms with E-state index in [1.54, 1.807) is 0 Å². The van der Waals surface area contributed by atoms with Gasteiger partial charge in [-0.05, 0) is 13.0 Å². The van der Waals surface area contributed by atoms with Gasteiger partial charge in [-0.1, -0.05) is 5.16 Å². The van der Waals surface area contributed by atoms with E-state index in [-0.39, 0.29) is 18.6 Å². The van der Waals surface area contributed by atoms with Crippen molar-refractivity contribution in [2.45, 2.75) is 6.92 Å². The molecule has 9 heteroatoms. The first-order chi connectivity index (χ1) is 11.4. The fourth-order valence-corrected chi connectivity index (χ4v) is 1.70. The molecule has 0 unspecified atom stereocenters. The highest BCUT2D eigenvalue weighted by molar-refractivity contribution is 6.24. The molecule has 6 nitrogen and oxygen atoms in total. The van der Waals surface area contributed by atoms with Crippen molar-refractivity contribution in [3.8, 4) is 0 Å². The third-order valence-corrected chi connectivity index (χ3v) is 2.79. The molecule has 0 aliphatic carbocycles. The van der Waals surface area contributed by atoms with Crippen molar-refractivity contribution in [3.05, 3.63) is 59.2 Å². The van der Waals surface area contributed by atoms with Crippen LogP contribution in [0.5, 0.6) is 0 Å². The molecule has 0 amide bonds. The Morgan fingerprint density at radius 2 is 1.96 bits per heavy atom. The summed E-state index contributed by atoms with van der Waals surface area (Å²) in [6.07, 6.45) is 2.21. The zero-order valence-corrected chi connectivity index (χ0v) is 12.3. The van der Waals surface area contributed by atoms with Crippen molar-refractivity contribution in [1.82, 2.24) is 5.16 Å². The molecule has 2 rings (SSSR count). The normalized spacial score (nSPS) is 11.2. The molecular formula is C15H11F3N2O4. The van der Waals surface area contributed by atoms with Gasteiger partial charge >= 0.3 is 5.97 Å². The molecule has 24 heavy (non-hydrogen) atoms. The molecule has 0 bridgehead atoms. The fraction of sp³-hybridized carbons (Fsp3) is 0.133. The molecular weight excluding hydrogens is 329 g/mol. The molecule has 1 heterocycles. The molecule has 1 aromatic carbocycles. The Labute approximate surface area is 133 Å². The van der Waals surface area contributed by atoms with Crippen molar-refractivity contribution < 1.29 is 32.0 Å². The molecule has 1 N–H and O–H groups in total. The van der Waals surface area contributed by atoms with Gasteiger partial charge in [0.05, 0.1) is 18.4 Å². The minimum absolute atomic E-state index is 0.0496. The Bertz CT molecular complexity index is 788. The highest BCUT2D eigenvalue weighted by Gasteiger charge is 2.25. The monoisotopic (exact) mass is 340 g/mol. The van der Waals surface area contributed by atoms with Crippen LogP contribution in [0.15, 0.2) is 40.7 Å². The predicted molar refractivity (Wildman–Crippen MR) is 75.5 cm³/mol. The van der Waals surface area contributed by atoms with Crippen LogP contribution < -0.4 is 5.32 Å². The lowest BCUT2D eigenvalue weighted by Crippen LogP contribution is -2.19. The van der Waals surface area contributed by atoms with Crippen molar-refractivity contribution in [1.29, 1.82) is 0 Å². The van der Waals surface area contributed by atoms with E-state index >= 15 is 0 Å². The molecule has 0 atom stereocenters. The van der Waals surface area contributed by atoms with Crippen LogP contribution in [0.1, 0.15) is 17.3 Å². The maximum atomic E-state index is 13.7. The Balaban J connectivity index is 2.39. The van der Waals surface area contributed by atoms with E-state index < -0.39 is 40.3 Å². The van der Waals surface area contributed by atoms with E-state index in [9.17, 15) is 22.8 Å². The van der Waals surface area contributed by atoms with Gasteiger partial charge in [-0.25, -0.2) is 18.0 Å². The lowest BCUT2D eigenvalue weighted by atomic mass is 10.0. The Morgan fingerprint density at radius 1 is 1.25 bits per heavy atom. The second kappa shape index (κ2) is 7.44. The summed E-state index contributed by atoms with van der Waals surface area (Å²) in [7, 11) is 0. The SMILES string of the molecule is CCOC(=O)/C(=C\Nc1ccno1)C(=O)c1cc(F)c(F)cc1F. The lowest BCUT2D eigenvalue weighted by molar-refractivity contribution is -0.138. The van der Waals surface area contributed by atoms with Gasteiger partial charge in [0.1, 0.15) is 11.4 Å². The molecule has 0 spiro atoms. The number of Topliss-reactive ketones (excluding diaryl/α,β-unsaturated/α-hetero) is 1. The number of nitrogens with one attached hydrogen (secondary N) is 1. The highest BCUT2D eigenvalue weighted by atomic mass is 19.2. The first kappa shape index (κ1) is 17.3. The van der Waals surface area contributed by atoms with Gasteiger partial charge in [0.2, 0.25) is 11.7 Å². The van der Waals surface area contributed by atoms with Gasteiger partial charge < -0.3 is 14.6 Å². The summed E-state index contributed by atoms with van der Waals surface area (Å²) in [5, 5.41) is 5.86. The summed E-state index contributed by atoms with van der Waals surface area (Å²) in [6, 6.07) is 1.98. The van der Waals surface area contributed by atoms with Crippen LogP contribution in [0.4, 0.5) is 19.1 Å². The molecule has 2 aromatic rings. The second-order valence-electron chi connectivity index (χ2n) is 4.37. The summed E-state index contributed by atoms with van der Waals surface area (Å²) >= 11 is 0. The van der Waals surface area contributed by atoms with Gasteiger partial charge in [0.25, 0.3) is 0 Å². The predicted octanol–water partition coefficient (Wildman–Crippen LogP) is 2.83. The van der Waals surface area contributed by atoms with Crippen LogP contribution in [0.2, 0.25) is 0 Å². The number of benzene rings is 1. The van der Waals surface area contributed by atoms with E-state index in [4.69, 9.17) is 9.26 Å². The largest absolute Gasteiger partial charge is 0.462 e. The first-order valence-corrected chi connectivity index (χ1v) is 6.67. The average Bonchev–Trinajstić information content (AvgIpc) is 3.04. The maximum Gasteiger partial charge on any atom is 0.343 e. The number of rotatable bonds is 6. The number of halogens is 3. The number of aromatic nitrogens is 1. The minimum atomic E-state index is -1.45. The number of carbonyl (C=O) groups excluding carboxylic acids is 2. The van der Waals surface area contributed by atoms with Crippen molar-refractivity contribution in [2.24, 2.45) is 0 Å². The summed E-state index contributed by atoms with van der Waals surface area (Å²) in [6.45, 7) is 1.45. The van der Waals surface area contributed by atoms with Crippen molar-refractivity contribution >= 4 is 17.6 Å². The highest BCUT2D eigenvalue weighted by Crippen LogP contribution is 2.18. The van der Waals surface area contributed by atoms with E-state index in [1.165, 1.54) is 19.2 Å². The fourth-order valence-electron chi connectivity index (χ4n) is 1.70. The number of ketones is 1. The third kappa shape index (κ3) is 3.80. The molecule has 0 fully saturated rings. The smallest absolute Gasteiger partial charge is 0.343 e. The summed E-state index contributed by atoms with van der Waals surface area (Å²) in [4.78, 5) is 24.2. The van der Waals surface area contributed by atoms with Crippen LogP contribution in [-0.4, -0.2) is 23.5 Å². The number of nitrogens with zero attached hydrogens (tertiary/aromatic N) is 1. The lowest BCUT2D eigenvalue weighted by Gasteiger charge is -2.08. The number of hydrogen-bond acceptors (Lipinski definition) is 6. The van der Waals surface area contributed by atoms with Gasteiger partial charge in [0.15, 0.2) is 11.6 Å². The average molecular weight is 340 g/mol. The summed E-state index contributed by atoms with van der Waals surface area (Å²) in [5.74, 6) is -6.35. The topological polar surface area (TPSA) is 81.4 Å².